The highest BCUT2D eigenvalue weighted by Gasteiger charge is 2.45. The summed E-state index contributed by atoms with van der Waals surface area (Å²) in [6.07, 6.45) is 0. The van der Waals surface area contributed by atoms with Crippen molar-refractivity contribution in [3.05, 3.63) is 0 Å². The second-order valence-electron chi connectivity index (χ2n) is 4.14. The Morgan fingerprint density at radius 3 is 1.77 bits per heavy atom. The van der Waals surface area contributed by atoms with Crippen molar-refractivity contribution >= 4 is 11.8 Å². The summed E-state index contributed by atoms with van der Waals surface area (Å²) < 4.78 is 4.32. The molecule has 0 saturated carbocycles. The summed E-state index contributed by atoms with van der Waals surface area (Å²) in [6, 6.07) is 0. The number of aliphatic hydroxyl groups is 1. The van der Waals surface area contributed by atoms with Crippen LogP contribution in [0.3, 0.4) is 0 Å². The molecule has 0 fully saturated rings. The molecule has 0 rings (SSSR count). The third kappa shape index (κ3) is 2.52. The number of carbonyl (C=O) groups is 2. The van der Waals surface area contributed by atoms with E-state index < -0.39 is 22.8 Å². The first-order chi connectivity index (χ1) is 5.64. The highest BCUT2D eigenvalue weighted by Crippen LogP contribution is 2.23. The topological polar surface area (TPSA) is 63.6 Å². The molecule has 0 aromatic heterocycles. The lowest BCUT2D eigenvalue weighted by Gasteiger charge is -2.26. The Hall–Kier alpha value is -0.900. The van der Waals surface area contributed by atoms with E-state index in [1.165, 1.54) is 0 Å². The first-order valence-corrected chi connectivity index (χ1v) is 3.99. The fraction of sp³-hybridized carbons (Fsp3) is 0.778. The van der Waals surface area contributed by atoms with Gasteiger partial charge in [-0.25, -0.2) is 4.79 Å². The van der Waals surface area contributed by atoms with Crippen LogP contribution >= 0.6 is 0 Å². The zero-order valence-electron chi connectivity index (χ0n) is 8.67. The first-order valence-electron chi connectivity index (χ1n) is 3.99. The van der Waals surface area contributed by atoms with Gasteiger partial charge >= 0.3 is 5.97 Å². The molecule has 1 atom stereocenters. The van der Waals surface area contributed by atoms with E-state index in [1.807, 2.05) is 0 Å². The van der Waals surface area contributed by atoms with Gasteiger partial charge in [-0.1, -0.05) is 20.8 Å². The number of rotatable bonds is 2. The summed E-state index contributed by atoms with van der Waals surface area (Å²) in [5, 5.41) is 9.56. The van der Waals surface area contributed by atoms with Gasteiger partial charge in [0.15, 0.2) is 5.78 Å². The van der Waals surface area contributed by atoms with Crippen LogP contribution in [0, 0.1) is 5.41 Å². The fourth-order valence-corrected chi connectivity index (χ4v) is 1.02. The van der Waals surface area contributed by atoms with Gasteiger partial charge < -0.3 is 9.84 Å². The van der Waals surface area contributed by atoms with Crippen LogP contribution in [0.2, 0.25) is 0 Å². The lowest BCUT2D eigenvalue weighted by Crippen LogP contribution is -2.49. The molecule has 0 aromatic rings. The van der Waals surface area contributed by atoms with Crippen LogP contribution in [0.15, 0.2) is 0 Å². The normalized spacial score (nSPS) is 16.2. The molecule has 1 unspecified atom stereocenters. The number of hydrogen-bond acceptors (Lipinski definition) is 4. The van der Waals surface area contributed by atoms with E-state index in [9.17, 15) is 14.7 Å². The molecule has 0 heterocycles. The van der Waals surface area contributed by atoms with Gasteiger partial charge in [-0.15, -0.1) is 0 Å². The highest BCUT2D eigenvalue weighted by molar-refractivity contribution is 6.08. The van der Waals surface area contributed by atoms with Gasteiger partial charge in [0, 0.05) is 5.41 Å². The monoisotopic (exact) mass is 188 g/mol. The van der Waals surface area contributed by atoms with Gasteiger partial charge in [0.05, 0.1) is 7.11 Å². The van der Waals surface area contributed by atoms with E-state index in [4.69, 9.17) is 0 Å². The molecule has 13 heavy (non-hydrogen) atoms. The van der Waals surface area contributed by atoms with Crippen LogP contribution in [0.4, 0.5) is 0 Å². The fourth-order valence-electron chi connectivity index (χ4n) is 1.02. The lowest BCUT2D eigenvalue weighted by molar-refractivity contribution is -0.169. The molecule has 4 heteroatoms. The SMILES string of the molecule is COC(=O)C(C)(O)C(=O)C(C)(C)C. The summed E-state index contributed by atoms with van der Waals surface area (Å²) in [5.41, 5.74) is -2.81. The average molecular weight is 188 g/mol. The first kappa shape index (κ1) is 12.1. The number of esters is 1. The third-order valence-electron chi connectivity index (χ3n) is 1.71. The van der Waals surface area contributed by atoms with Crippen LogP contribution in [0.25, 0.3) is 0 Å². The minimum Gasteiger partial charge on any atom is -0.467 e. The van der Waals surface area contributed by atoms with Crippen molar-refractivity contribution in [3.63, 3.8) is 0 Å². The summed E-state index contributed by atoms with van der Waals surface area (Å²) in [6.45, 7) is 6.04. The van der Waals surface area contributed by atoms with Gasteiger partial charge in [-0.2, -0.15) is 0 Å². The smallest absolute Gasteiger partial charge is 0.345 e. The third-order valence-corrected chi connectivity index (χ3v) is 1.71. The lowest BCUT2D eigenvalue weighted by atomic mass is 9.81. The maximum Gasteiger partial charge on any atom is 0.345 e. The largest absolute Gasteiger partial charge is 0.467 e. The zero-order valence-corrected chi connectivity index (χ0v) is 8.67. The molecule has 0 aromatic carbocycles. The van der Waals surface area contributed by atoms with Crippen molar-refractivity contribution in [2.45, 2.75) is 33.3 Å². The number of hydrogen-bond donors (Lipinski definition) is 1. The van der Waals surface area contributed by atoms with E-state index in [2.05, 4.69) is 4.74 Å². The number of ketones is 1. The van der Waals surface area contributed by atoms with Crippen LogP contribution in [0.1, 0.15) is 27.7 Å². The second kappa shape index (κ2) is 3.46. The molecular weight excluding hydrogens is 172 g/mol. The Labute approximate surface area is 77.9 Å². The van der Waals surface area contributed by atoms with Gasteiger partial charge in [-0.05, 0) is 6.92 Å². The Morgan fingerprint density at radius 2 is 1.54 bits per heavy atom. The van der Waals surface area contributed by atoms with Gasteiger partial charge in [0.2, 0.25) is 5.60 Å². The van der Waals surface area contributed by atoms with Crippen molar-refractivity contribution in [2.75, 3.05) is 7.11 Å². The predicted molar refractivity (Wildman–Crippen MR) is 47.1 cm³/mol. The molecule has 0 aliphatic rings. The second-order valence-corrected chi connectivity index (χ2v) is 4.14. The van der Waals surface area contributed by atoms with Crippen molar-refractivity contribution in [3.8, 4) is 0 Å². The summed E-state index contributed by atoms with van der Waals surface area (Å²) >= 11 is 0. The molecule has 0 aliphatic heterocycles. The zero-order chi connectivity index (χ0) is 10.9. The predicted octanol–water partition coefficient (Wildman–Crippen LogP) is 0.526. The van der Waals surface area contributed by atoms with Crippen molar-refractivity contribution in [1.29, 1.82) is 0 Å². The molecule has 0 radical (unpaired) electrons. The number of carbonyl (C=O) groups excluding carboxylic acids is 2. The Morgan fingerprint density at radius 1 is 1.15 bits per heavy atom. The molecule has 0 bridgehead atoms. The van der Waals surface area contributed by atoms with E-state index in [1.54, 1.807) is 20.8 Å². The minimum atomic E-state index is -2.05. The van der Waals surface area contributed by atoms with Crippen molar-refractivity contribution in [2.24, 2.45) is 5.41 Å². The van der Waals surface area contributed by atoms with Crippen LogP contribution in [0.5, 0.6) is 0 Å². The van der Waals surface area contributed by atoms with Crippen LogP contribution < -0.4 is 0 Å². The van der Waals surface area contributed by atoms with E-state index >= 15 is 0 Å². The standard InChI is InChI=1S/C9H16O4/c1-8(2,3)6(10)9(4,12)7(11)13-5/h12H,1-5H3. The van der Waals surface area contributed by atoms with E-state index in [0.717, 1.165) is 14.0 Å². The van der Waals surface area contributed by atoms with Crippen molar-refractivity contribution in [1.82, 2.24) is 0 Å². The molecule has 76 valence electrons. The van der Waals surface area contributed by atoms with Gasteiger partial charge in [-0.3, -0.25) is 4.79 Å². The molecule has 4 nitrogen and oxygen atoms in total. The Balaban J connectivity index is 4.85. The molecular formula is C9H16O4. The summed E-state index contributed by atoms with van der Waals surface area (Å²) in [7, 11) is 1.13. The maximum absolute atomic E-state index is 11.5. The Bertz CT molecular complexity index is 222. The number of methoxy groups -OCH3 is 1. The molecule has 0 aliphatic carbocycles. The Kier molecular flexibility index (Phi) is 3.22. The van der Waals surface area contributed by atoms with Gasteiger partial charge in [0.25, 0.3) is 0 Å². The number of ether oxygens (including phenoxy) is 1. The van der Waals surface area contributed by atoms with Gasteiger partial charge in [0.1, 0.15) is 0 Å². The molecule has 0 amide bonds. The summed E-state index contributed by atoms with van der Waals surface area (Å²) in [4.78, 5) is 22.6. The summed E-state index contributed by atoms with van der Waals surface area (Å²) in [5.74, 6) is -1.47. The number of Topliss-reactive ketones (excluding diaryl/α,β-unsaturated/α-hetero) is 1. The minimum absolute atomic E-state index is 0.549. The van der Waals surface area contributed by atoms with E-state index in [0.29, 0.717) is 0 Å². The average Bonchev–Trinajstić information content (AvgIpc) is 1.99. The molecule has 0 saturated heterocycles. The van der Waals surface area contributed by atoms with E-state index in [-0.39, 0.29) is 0 Å². The molecule has 1 N–H and O–H groups in total. The van der Waals surface area contributed by atoms with Crippen LogP contribution in [-0.2, 0) is 14.3 Å². The maximum atomic E-state index is 11.5. The van der Waals surface area contributed by atoms with Crippen molar-refractivity contribution < 1.29 is 19.4 Å². The molecule has 0 spiro atoms. The highest BCUT2D eigenvalue weighted by atomic mass is 16.5. The quantitative estimate of drug-likeness (QED) is 0.507. The van der Waals surface area contributed by atoms with Crippen LogP contribution in [-0.4, -0.2) is 29.6 Å².